The number of nitrogen functional groups attached to an aromatic ring is 1. The predicted molar refractivity (Wildman–Crippen MR) is 82.3 cm³/mol. The van der Waals surface area contributed by atoms with Gasteiger partial charge in [0.25, 0.3) is 0 Å². The number of anilines is 3. The summed E-state index contributed by atoms with van der Waals surface area (Å²) in [5.41, 5.74) is 7.24. The van der Waals surface area contributed by atoms with E-state index in [9.17, 15) is 0 Å². The normalized spacial score (nSPS) is 9.53. The molecule has 1 aromatic heterocycles. The summed E-state index contributed by atoms with van der Waals surface area (Å²) in [5, 5.41) is 0.598. The van der Waals surface area contributed by atoms with Crippen molar-refractivity contribution in [3.05, 3.63) is 40.8 Å². The third-order valence-electron chi connectivity index (χ3n) is 2.29. The Morgan fingerprint density at radius 3 is 2.26 bits per heavy atom. The molecule has 0 fully saturated rings. The largest absolute Gasteiger partial charge is 0.399 e. The quantitative estimate of drug-likeness (QED) is 0.668. The van der Waals surface area contributed by atoms with E-state index in [-0.39, 0.29) is 5.28 Å². The molecule has 2 aromatic rings. The number of nitrogens with two attached hydrogens (primary N) is 1. The third kappa shape index (κ3) is 3.98. The van der Waals surface area contributed by atoms with Crippen molar-refractivity contribution in [2.75, 3.05) is 17.7 Å². The van der Waals surface area contributed by atoms with E-state index in [0.717, 1.165) is 5.69 Å². The van der Waals surface area contributed by atoms with E-state index < -0.39 is 0 Å². The van der Waals surface area contributed by atoms with Crippen LogP contribution in [-0.4, -0.2) is 17.0 Å². The van der Waals surface area contributed by atoms with Gasteiger partial charge in [-0.05, 0) is 35.9 Å². The van der Waals surface area contributed by atoms with Crippen LogP contribution in [0.1, 0.15) is 13.8 Å². The molecule has 0 aliphatic carbocycles. The molecule has 19 heavy (non-hydrogen) atoms. The monoisotopic (exact) mass is 298 g/mol. The van der Waals surface area contributed by atoms with E-state index >= 15 is 0 Å². The lowest BCUT2D eigenvalue weighted by atomic mass is 10.2. The second kappa shape index (κ2) is 7.16. The molecule has 6 heteroatoms. The zero-order chi connectivity index (χ0) is 14.4. The number of aromatic nitrogens is 2. The van der Waals surface area contributed by atoms with Crippen LogP contribution in [0.15, 0.2) is 30.5 Å². The van der Waals surface area contributed by atoms with Gasteiger partial charge in [0.15, 0.2) is 5.82 Å². The van der Waals surface area contributed by atoms with Gasteiger partial charge in [0.1, 0.15) is 5.02 Å². The minimum absolute atomic E-state index is 0.159. The summed E-state index contributed by atoms with van der Waals surface area (Å²) >= 11 is 11.8. The number of hydrogen-bond donors (Lipinski definition) is 1. The summed E-state index contributed by atoms with van der Waals surface area (Å²) in [6, 6.07) is 7.37. The molecule has 4 nitrogen and oxygen atoms in total. The van der Waals surface area contributed by atoms with E-state index in [1.165, 1.54) is 6.20 Å². The standard InChI is InChI=1S/C11H10Cl2N4.C2H6/c1-17(8-4-2-7(14)3-5-8)10-9(12)6-15-11(13)16-10;1-2/h2-6H,14H2,1H3;1-2H3. The van der Waals surface area contributed by atoms with Crippen LogP contribution < -0.4 is 10.6 Å². The topological polar surface area (TPSA) is 55.0 Å². The summed E-state index contributed by atoms with van der Waals surface area (Å²) < 4.78 is 0. The van der Waals surface area contributed by atoms with Crippen molar-refractivity contribution in [2.24, 2.45) is 0 Å². The Bertz CT molecular complexity index is 529. The van der Waals surface area contributed by atoms with Crippen LogP contribution in [0.5, 0.6) is 0 Å². The number of benzene rings is 1. The van der Waals surface area contributed by atoms with E-state index in [1.807, 2.05) is 50.1 Å². The SMILES string of the molecule is CC.CN(c1ccc(N)cc1)c1nc(Cl)ncc1Cl. The molecule has 1 heterocycles. The molecule has 2 rings (SSSR count). The maximum atomic E-state index is 6.02. The van der Waals surface area contributed by atoms with Crippen molar-refractivity contribution >= 4 is 40.4 Å². The van der Waals surface area contributed by atoms with Crippen LogP contribution in [-0.2, 0) is 0 Å². The highest BCUT2D eigenvalue weighted by atomic mass is 35.5. The first kappa shape index (κ1) is 15.5. The first-order valence-electron chi connectivity index (χ1n) is 5.85. The summed E-state index contributed by atoms with van der Waals surface area (Å²) in [6.07, 6.45) is 1.47. The van der Waals surface area contributed by atoms with Crippen molar-refractivity contribution in [2.45, 2.75) is 13.8 Å². The Balaban J connectivity index is 0.000000861. The van der Waals surface area contributed by atoms with Crippen LogP contribution in [0.3, 0.4) is 0 Å². The predicted octanol–water partition coefficient (Wildman–Crippen LogP) is 4.16. The Hall–Kier alpha value is -1.52. The smallest absolute Gasteiger partial charge is 0.224 e. The van der Waals surface area contributed by atoms with Crippen molar-refractivity contribution in [3.63, 3.8) is 0 Å². The van der Waals surface area contributed by atoms with Gasteiger partial charge in [-0.2, -0.15) is 4.98 Å². The summed E-state index contributed by atoms with van der Waals surface area (Å²) in [7, 11) is 1.84. The van der Waals surface area contributed by atoms with Gasteiger partial charge in [0, 0.05) is 18.4 Å². The summed E-state index contributed by atoms with van der Waals surface area (Å²) in [5.74, 6) is 0.552. The Morgan fingerprint density at radius 1 is 1.11 bits per heavy atom. The maximum Gasteiger partial charge on any atom is 0.224 e. The lowest BCUT2D eigenvalue weighted by Crippen LogP contribution is -2.12. The molecule has 0 atom stereocenters. The van der Waals surface area contributed by atoms with E-state index in [1.54, 1.807) is 0 Å². The molecule has 0 amide bonds. The molecular weight excluding hydrogens is 283 g/mol. The molecule has 0 aliphatic rings. The summed E-state index contributed by atoms with van der Waals surface area (Å²) in [4.78, 5) is 9.71. The fourth-order valence-corrected chi connectivity index (χ4v) is 1.74. The molecule has 0 bridgehead atoms. The van der Waals surface area contributed by atoms with Crippen LogP contribution in [0.25, 0.3) is 0 Å². The maximum absolute atomic E-state index is 6.02. The average Bonchev–Trinajstić information content (AvgIpc) is 2.44. The third-order valence-corrected chi connectivity index (χ3v) is 2.74. The van der Waals surface area contributed by atoms with Gasteiger partial charge in [-0.1, -0.05) is 25.4 Å². The number of rotatable bonds is 2. The van der Waals surface area contributed by atoms with Crippen LogP contribution in [0.4, 0.5) is 17.2 Å². The van der Waals surface area contributed by atoms with Gasteiger partial charge in [0.2, 0.25) is 5.28 Å². The highest BCUT2D eigenvalue weighted by Crippen LogP contribution is 2.29. The molecule has 0 radical (unpaired) electrons. The zero-order valence-electron chi connectivity index (χ0n) is 11.1. The van der Waals surface area contributed by atoms with Crippen molar-refractivity contribution < 1.29 is 0 Å². The molecule has 1 aromatic carbocycles. The zero-order valence-corrected chi connectivity index (χ0v) is 12.6. The molecule has 102 valence electrons. The van der Waals surface area contributed by atoms with Gasteiger partial charge in [0.05, 0.1) is 6.20 Å². The van der Waals surface area contributed by atoms with E-state index in [4.69, 9.17) is 28.9 Å². The number of halogens is 2. The van der Waals surface area contributed by atoms with E-state index in [0.29, 0.717) is 16.5 Å². The van der Waals surface area contributed by atoms with Gasteiger partial charge < -0.3 is 10.6 Å². The van der Waals surface area contributed by atoms with Crippen molar-refractivity contribution in [3.8, 4) is 0 Å². The number of nitrogens with zero attached hydrogens (tertiary/aromatic N) is 3. The second-order valence-electron chi connectivity index (χ2n) is 3.46. The molecule has 0 saturated heterocycles. The van der Waals surface area contributed by atoms with Crippen molar-refractivity contribution in [1.29, 1.82) is 0 Å². The highest BCUT2D eigenvalue weighted by molar-refractivity contribution is 6.33. The Labute approximate surface area is 123 Å². The van der Waals surface area contributed by atoms with Gasteiger partial charge in [-0.25, -0.2) is 4.98 Å². The fourth-order valence-electron chi connectivity index (χ4n) is 1.39. The summed E-state index contributed by atoms with van der Waals surface area (Å²) in [6.45, 7) is 4.00. The lowest BCUT2D eigenvalue weighted by Gasteiger charge is -2.19. The highest BCUT2D eigenvalue weighted by Gasteiger charge is 2.11. The van der Waals surface area contributed by atoms with Gasteiger partial charge >= 0.3 is 0 Å². The van der Waals surface area contributed by atoms with Gasteiger partial charge in [-0.15, -0.1) is 0 Å². The second-order valence-corrected chi connectivity index (χ2v) is 4.21. The van der Waals surface area contributed by atoms with E-state index in [2.05, 4.69) is 9.97 Å². The first-order valence-corrected chi connectivity index (χ1v) is 6.61. The van der Waals surface area contributed by atoms with Crippen molar-refractivity contribution in [1.82, 2.24) is 9.97 Å². The fraction of sp³-hybridized carbons (Fsp3) is 0.231. The number of hydrogen-bond acceptors (Lipinski definition) is 4. The van der Waals surface area contributed by atoms with Crippen LogP contribution >= 0.6 is 23.2 Å². The minimum atomic E-state index is 0.159. The average molecular weight is 299 g/mol. The molecule has 0 unspecified atom stereocenters. The van der Waals surface area contributed by atoms with Crippen LogP contribution in [0.2, 0.25) is 10.3 Å². The Morgan fingerprint density at radius 2 is 1.68 bits per heavy atom. The Kier molecular flexibility index (Phi) is 5.86. The minimum Gasteiger partial charge on any atom is -0.399 e. The molecule has 2 N–H and O–H groups in total. The molecule has 0 aliphatic heterocycles. The molecule has 0 spiro atoms. The lowest BCUT2D eigenvalue weighted by molar-refractivity contribution is 1.08. The van der Waals surface area contributed by atoms with Gasteiger partial charge in [-0.3, -0.25) is 0 Å². The molecule has 0 saturated carbocycles. The molecular formula is C13H16Cl2N4. The first-order chi connectivity index (χ1) is 9.08. The van der Waals surface area contributed by atoms with Crippen LogP contribution in [0, 0.1) is 0 Å².